The molecule has 0 radical (unpaired) electrons. The van der Waals surface area contributed by atoms with Crippen LogP contribution in [0.4, 0.5) is 5.82 Å². The van der Waals surface area contributed by atoms with E-state index < -0.39 is 0 Å². The molecular formula is C11H15N5. The molecule has 2 rings (SSSR count). The van der Waals surface area contributed by atoms with E-state index in [0.29, 0.717) is 17.8 Å². The highest BCUT2D eigenvalue weighted by molar-refractivity contribution is 5.38. The SMILES string of the molecule is C[C@@H]1CN(c2cnc(C#N)cn2)C[C@H](C)N1. The van der Waals surface area contributed by atoms with Crippen LogP contribution in [0.2, 0.25) is 0 Å². The van der Waals surface area contributed by atoms with Crippen LogP contribution in [-0.4, -0.2) is 35.1 Å². The van der Waals surface area contributed by atoms with Crippen molar-refractivity contribution in [2.75, 3.05) is 18.0 Å². The van der Waals surface area contributed by atoms with Crippen molar-refractivity contribution >= 4 is 5.82 Å². The molecule has 16 heavy (non-hydrogen) atoms. The number of nitrogens with zero attached hydrogens (tertiary/aromatic N) is 4. The van der Waals surface area contributed by atoms with Crippen LogP contribution in [0.1, 0.15) is 19.5 Å². The van der Waals surface area contributed by atoms with E-state index in [0.717, 1.165) is 18.9 Å². The van der Waals surface area contributed by atoms with Gasteiger partial charge in [-0.1, -0.05) is 0 Å². The summed E-state index contributed by atoms with van der Waals surface area (Å²) >= 11 is 0. The van der Waals surface area contributed by atoms with Crippen LogP contribution in [0.15, 0.2) is 12.4 Å². The predicted molar refractivity (Wildman–Crippen MR) is 61.0 cm³/mol. The molecule has 1 fully saturated rings. The molecule has 1 aliphatic rings. The third-order valence-electron chi connectivity index (χ3n) is 2.63. The van der Waals surface area contributed by atoms with Crippen LogP contribution in [0.5, 0.6) is 0 Å². The first-order valence-electron chi connectivity index (χ1n) is 5.42. The summed E-state index contributed by atoms with van der Waals surface area (Å²) in [6.45, 7) is 6.15. The van der Waals surface area contributed by atoms with Crippen molar-refractivity contribution in [3.8, 4) is 6.07 Å². The van der Waals surface area contributed by atoms with E-state index in [9.17, 15) is 0 Å². The van der Waals surface area contributed by atoms with E-state index in [1.807, 2.05) is 6.07 Å². The lowest BCUT2D eigenvalue weighted by Crippen LogP contribution is -2.54. The van der Waals surface area contributed by atoms with Crippen LogP contribution in [-0.2, 0) is 0 Å². The Morgan fingerprint density at radius 3 is 2.50 bits per heavy atom. The number of hydrogen-bond acceptors (Lipinski definition) is 5. The van der Waals surface area contributed by atoms with Gasteiger partial charge in [0.05, 0.1) is 12.4 Å². The minimum atomic E-state index is 0.361. The Morgan fingerprint density at radius 1 is 1.31 bits per heavy atom. The molecule has 2 heterocycles. The molecule has 0 bridgehead atoms. The topological polar surface area (TPSA) is 64.8 Å². The second-order valence-electron chi connectivity index (χ2n) is 4.25. The van der Waals surface area contributed by atoms with Gasteiger partial charge in [-0.15, -0.1) is 0 Å². The molecule has 0 aliphatic carbocycles. The predicted octanol–water partition coefficient (Wildman–Crippen LogP) is 0.535. The number of nitrogens with one attached hydrogen (secondary N) is 1. The molecule has 0 amide bonds. The Hall–Kier alpha value is -1.67. The third kappa shape index (κ3) is 2.28. The summed E-state index contributed by atoms with van der Waals surface area (Å²) < 4.78 is 0. The lowest BCUT2D eigenvalue weighted by molar-refractivity contribution is 0.405. The van der Waals surface area contributed by atoms with Crippen molar-refractivity contribution in [3.05, 3.63) is 18.1 Å². The van der Waals surface area contributed by atoms with Gasteiger partial charge in [-0.3, -0.25) is 0 Å². The van der Waals surface area contributed by atoms with Crippen molar-refractivity contribution in [1.29, 1.82) is 5.26 Å². The molecule has 0 saturated carbocycles. The molecule has 1 N–H and O–H groups in total. The number of aromatic nitrogens is 2. The summed E-state index contributed by atoms with van der Waals surface area (Å²) in [6, 6.07) is 2.86. The quantitative estimate of drug-likeness (QED) is 0.743. The first-order chi connectivity index (χ1) is 7.69. The summed E-state index contributed by atoms with van der Waals surface area (Å²) in [6.07, 6.45) is 3.19. The molecule has 1 saturated heterocycles. The van der Waals surface area contributed by atoms with Crippen molar-refractivity contribution in [1.82, 2.24) is 15.3 Å². The monoisotopic (exact) mass is 217 g/mol. The number of piperazine rings is 1. The molecular weight excluding hydrogens is 202 g/mol. The molecule has 5 heteroatoms. The maximum atomic E-state index is 8.65. The molecule has 1 aromatic heterocycles. The summed E-state index contributed by atoms with van der Waals surface area (Å²) in [7, 11) is 0. The summed E-state index contributed by atoms with van der Waals surface area (Å²) in [4.78, 5) is 10.5. The second kappa shape index (κ2) is 4.45. The fraction of sp³-hybridized carbons (Fsp3) is 0.545. The Kier molecular flexibility index (Phi) is 3.02. The van der Waals surface area contributed by atoms with E-state index in [-0.39, 0.29) is 0 Å². The fourth-order valence-electron chi connectivity index (χ4n) is 2.06. The average Bonchev–Trinajstić information content (AvgIpc) is 2.28. The average molecular weight is 217 g/mol. The van der Waals surface area contributed by atoms with E-state index in [2.05, 4.69) is 34.0 Å². The molecule has 5 nitrogen and oxygen atoms in total. The van der Waals surface area contributed by atoms with Crippen molar-refractivity contribution in [3.63, 3.8) is 0 Å². The van der Waals surface area contributed by atoms with Crippen LogP contribution >= 0.6 is 0 Å². The number of rotatable bonds is 1. The number of hydrogen-bond donors (Lipinski definition) is 1. The largest absolute Gasteiger partial charge is 0.352 e. The zero-order chi connectivity index (χ0) is 11.5. The van der Waals surface area contributed by atoms with Crippen molar-refractivity contribution < 1.29 is 0 Å². The standard InChI is InChI=1S/C11H15N5/c1-8-6-16(7-9(2)15-8)11-5-13-10(3-12)4-14-11/h4-5,8-9,15H,6-7H2,1-2H3/t8-,9+. The highest BCUT2D eigenvalue weighted by atomic mass is 15.3. The maximum Gasteiger partial charge on any atom is 0.158 e. The summed E-state index contributed by atoms with van der Waals surface area (Å²) in [5, 5.41) is 12.1. The first kappa shape index (κ1) is 10.8. The second-order valence-corrected chi connectivity index (χ2v) is 4.25. The molecule has 84 valence electrons. The summed E-state index contributed by atoms with van der Waals surface area (Å²) in [5.41, 5.74) is 0.361. The molecule has 1 aromatic rings. The van der Waals surface area contributed by atoms with Gasteiger partial charge in [-0.2, -0.15) is 5.26 Å². The lowest BCUT2D eigenvalue weighted by Gasteiger charge is -2.36. The van der Waals surface area contributed by atoms with Crippen LogP contribution < -0.4 is 10.2 Å². The highest BCUT2D eigenvalue weighted by Crippen LogP contribution is 2.13. The van der Waals surface area contributed by atoms with Gasteiger partial charge in [0.25, 0.3) is 0 Å². The molecule has 0 spiro atoms. The first-order valence-corrected chi connectivity index (χ1v) is 5.42. The molecule has 2 atom stereocenters. The van der Waals surface area contributed by atoms with Gasteiger partial charge in [0.1, 0.15) is 11.9 Å². The molecule has 1 aliphatic heterocycles. The van der Waals surface area contributed by atoms with Crippen LogP contribution in [0.3, 0.4) is 0 Å². The van der Waals surface area contributed by atoms with Gasteiger partial charge in [0, 0.05) is 25.2 Å². The lowest BCUT2D eigenvalue weighted by atomic mass is 10.1. The van der Waals surface area contributed by atoms with E-state index in [1.54, 1.807) is 6.20 Å². The normalized spacial score (nSPS) is 25.2. The van der Waals surface area contributed by atoms with Gasteiger partial charge < -0.3 is 10.2 Å². The highest BCUT2D eigenvalue weighted by Gasteiger charge is 2.21. The van der Waals surface area contributed by atoms with Crippen molar-refractivity contribution in [2.45, 2.75) is 25.9 Å². The van der Waals surface area contributed by atoms with Gasteiger partial charge in [-0.25, -0.2) is 9.97 Å². The minimum absolute atomic E-state index is 0.361. The Bertz CT molecular complexity index is 384. The Labute approximate surface area is 95.1 Å². The number of anilines is 1. The van der Waals surface area contributed by atoms with Crippen LogP contribution in [0.25, 0.3) is 0 Å². The zero-order valence-electron chi connectivity index (χ0n) is 9.51. The zero-order valence-corrected chi connectivity index (χ0v) is 9.51. The molecule has 0 unspecified atom stereocenters. The third-order valence-corrected chi connectivity index (χ3v) is 2.63. The Morgan fingerprint density at radius 2 is 2.00 bits per heavy atom. The van der Waals surface area contributed by atoms with Gasteiger partial charge in [-0.05, 0) is 13.8 Å². The van der Waals surface area contributed by atoms with E-state index >= 15 is 0 Å². The maximum absolute atomic E-state index is 8.65. The fourth-order valence-corrected chi connectivity index (χ4v) is 2.06. The van der Waals surface area contributed by atoms with Crippen molar-refractivity contribution in [2.24, 2.45) is 0 Å². The Balaban J connectivity index is 2.14. The van der Waals surface area contributed by atoms with E-state index in [4.69, 9.17) is 5.26 Å². The van der Waals surface area contributed by atoms with Gasteiger partial charge >= 0.3 is 0 Å². The van der Waals surface area contributed by atoms with Gasteiger partial charge in [0.2, 0.25) is 0 Å². The molecule has 0 aromatic carbocycles. The van der Waals surface area contributed by atoms with Gasteiger partial charge in [0.15, 0.2) is 5.69 Å². The smallest absolute Gasteiger partial charge is 0.158 e. The minimum Gasteiger partial charge on any atom is -0.352 e. The van der Waals surface area contributed by atoms with E-state index in [1.165, 1.54) is 6.20 Å². The number of nitriles is 1. The van der Waals surface area contributed by atoms with Crippen LogP contribution in [0, 0.1) is 11.3 Å². The summed E-state index contributed by atoms with van der Waals surface area (Å²) in [5.74, 6) is 0.846.